The summed E-state index contributed by atoms with van der Waals surface area (Å²) in [6, 6.07) is 15.2. The molecule has 1 saturated heterocycles. The van der Waals surface area contributed by atoms with Crippen LogP contribution in [0.4, 0.5) is 11.4 Å². The fraction of sp³-hybridized carbons (Fsp3) is 0.429. The van der Waals surface area contributed by atoms with E-state index in [4.69, 9.17) is 4.74 Å². The van der Waals surface area contributed by atoms with E-state index in [2.05, 4.69) is 29.3 Å². The Labute approximate surface area is 202 Å². The Morgan fingerprint density at radius 1 is 0.882 bits per heavy atom. The van der Waals surface area contributed by atoms with E-state index in [1.807, 2.05) is 64.1 Å². The van der Waals surface area contributed by atoms with Gasteiger partial charge in [0.05, 0.1) is 11.7 Å². The van der Waals surface area contributed by atoms with Gasteiger partial charge in [-0.3, -0.25) is 14.5 Å². The molecule has 1 fully saturated rings. The van der Waals surface area contributed by atoms with Crippen molar-refractivity contribution in [1.29, 1.82) is 0 Å². The van der Waals surface area contributed by atoms with Crippen LogP contribution in [-0.4, -0.2) is 41.9 Å². The maximum atomic E-state index is 13.3. The molecule has 34 heavy (non-hydrogen) atoms. The van der Waals surface area contributed by atoms with Gasteiger partial charge in [0.2, 0.25) is 0 Å². The summed E-state index contributed by atoms with van der Waals surface area (Å²) < 4.78 is 5.73. The van der Waals surface area contributed by atoms with Gasteiger partial charge in [-0.05, 0) is 88.4 Å². The fourth-order valence-corrected chi connectivity index (χ4v) is 4.54. The number of benzene rings is 2. The predicted molar refractivity (Wildman–Crippen MR) is 137 cm³/mol. The zero-order valence-corrected chi connectivity index (χ0v) is 20.8. The number of anilines is 2. The summed E-state index contributed by atoms with van der Waals surface area (Å²) in [5.41, 5.74) is 3.37. The van der Waals surface area contributed by atoms with Gasteiger partial charge in [0.25, 0.3) is 11.8 Å². The molecule has 2 aromatic carbocycles. The smallest absolute Gasteiger partial charge is 0.278 e. The number of hydrogen-bond acceptors (Lipinski definition) is 5. The van der Waals surface area contributed by atoms with E-state index in [1.54, 1.807) is 0 Å². The van der Waals surface area contributed by atoms with Crippen molar-refractivity contribution in [2.45, 2.75) is 59.6 Å². The van der Waals surface area contributed by atoms with Crippen LogP contribution < -0.4 is 15.0 Å². The third-order valence-corrected chi connectivity index (χ3v) is 6.43. The van der Waals surface area contributed by atoms with Crippen molar-refractivity contribution >= 4 is 28.8 Å². The molecule has 180 valence electrons. The first kappa shape index (κ1) is 23.9. The topological polar surface area (TPSA) is 61.9 Å². The van der Waals surface area contributed by atoms with Crippen LogP contribution >= 0.6 is 0 Å². The summed E-state index contributed by atoms with van der Waals surface area (Å²) in [7, 11) is 0. The van der Waals surface area contributed by atoms with Gasteiger partial charge in [-0.25, -0.2) is 0 Å². The van der Waals surface area contributed by atoms with Crippen molar-refractivity contribution in [1.82, 2.24) is 4.90 Å². The number of rotatable bonds is 7. The number of nitrogens with zero attached hydrogens (tertiary/aromatic N) is 2. The fourth-order valence-electron chi connectivity index (χ4n) is 4.54. The van der Waals surface area contributed by atoms with Gasteiger partial charge in [-0.1, -0.05) is 19.1 Å². The van der Waals surface area contributed by atoms with E-state index in [-0.39, 0.29) is 24.0 Å². The number of carbonyl (C=O) groups excluding carboxylic acids is 2. The zero-order chi connectivity index (χ0) is 24.4. The second-order valence-electron chi connectivity index (χ2n) is 9.86. The summed E-state index contributed by atoms with van der Waals surface area (Å²) in [5, 5.41) is 3.26. The standard InChI is InChI=1S/C28H35N3O3/c1-18(2)31-27(32)25(21-6-12-24(13-7-21)34-19(3)4)26(28(31)33)29-22-8-10-23(11-9-22)30-16-14-20(5)15-17-30/h6-13,18-20,29H,14-17H2,1-5H3. The lowest BCUT2D eigenvalue weighted by atomic mass is 9.99. The van der Waals surface area contributed by atoms with Crippen molar-refractivity contribution in [3.05, 3.63) is 59.8 Å². The molecule has 0 bridgehead atoms. The van der Waals surface area contributed by atoms with Crippen LogP contribution in [0, 0.1) is 5.92 Å². The van der Waals surface area contributed by atoms with E-state index in [0.717, 1.165) is 30.4 Å². The highest BCUT2D eigenvalue weighted by Crippen LogP contribution is 2.33. The molecule has 4 rings (SSSR count). The summed E-state index contributed by atoms with van der Waals surface area (Å²) in [5.74, 6) is 0.933. The first-order valence-electron chi connectivity index (χ1n) is 12.3. The molecular weight excluding hydrogens is 426 g/mol. The third kappa shape index (κ3) is 4.96. The lowest BCUT2D eigenvalue weighted by Gasteiger charge is -2.32. The van der Waals surface area contributed by atoms with Crippen molar-refractivity contribution in [2.75, 3.05) is 23.3 Å². The summed E-state index contributed by atoms with van der Waals surface area (Å²) >= 11 is 0. The molecule has 2 aliphatic rings. The molecule has 0 radical (unpaired) electrons. The van der Waals surface area contributed by atoms with Crippen molar-refractivity contribution in [2.24, 2.45) is 5.92 Å². The Morgan fingerprint density at radius 3 is 2.06 bits per heavy atom. The predicted octanol–water partition coefficient (Wildman–Crippen LogP) is 5.31. The average Bonchev–Trinajstić information content (AvgIpc) is 3.04. The molecular formula is C28H35N3O3. The monoisotopic (exact) mass is 461 g/mol. The van der Waals surface area contributed by atoms with Crippen molar-refractivity contribution in [3.63, 3.8) is 0 Å². The van der Waals surface area contributed by atoms with Gasteiger partial charge in [-0.2, -0.15) is 0 Å². The van der Waals surface area contributed by atoms with Crippen LogP contribution in [0.15, 0.2) is 54.2 Å². The number of piperidine rings is 1. The lowest BCUT2D eigenvalue weighted by molar-refractivity contribution is -0.138. The Morgan fingerprint density at radius 2 is 1.50 bits per heavy atom. The van der Waals surface area contributed by atoms with E-state index in [1.165, 1.54) is 23.4 Å². The number of carbonyl (C=O) groups is 2. The van der Waals surface area contributed by atoms with Crippen LogP contribution in [-0.2, 0) is 9.59 Å². The third-order valence-electron chi connectivity index (χ3n) is 6.43. The SMILES string of the molecule is CC1CCN(c2ccc(NC3=C(c4ccc(OC(C)C)cc4)C(=O)N(C(C)C)C3=O)cc2)CC1. The van der Waals surface area contributed by atoms with Gasteiger partial charge in [-0.15, -0.1) is 0 Å². The number of hydrogen-bond donors (Lipinski definition) is 1. The zero-order valence-electron chi connectivity index (χ0n) is 20.8. The van der Waals surface area contributed by atoms with Crippen LogP contribution in [0.1, 0.15) is 53.0 Å². The quantitative estimate of drug-likeness (QED) is 0.566. The molecule has 0 atom stereocenters. The van der Waals surface area contributed by atoms with E-state index < -0.39 is 0 Å². The average molecular weight is 462 g/mol. The van der Waals surface area contributed by atoms with Crippen molar-refractivity contribution in [3.8, 4) is 5.75 Å². The minimum atomic E-state index is -0.299. The van der Waals surface area contributed by atoms with E-state index in [0.29, 0.717) is 16.8 Å². The molecule has 2 aromatic rings. The molecule has 0 unspecified atom stereocenters. The van der Waals surface area contributed by atoms with Crippen LogP contribution in [0.3, 0.4) is 0 Å². The number of ether oxygens (including phenoxy) is 1. The summed E-state index contributed by atoms with van der Waals surface area (Å²) in [6.45, 7) is 12.1. The van der Waals surface area contributed by atoms with Gasteiger partial charge >= 0.3 is 0 Å². The van der Waals surface area contributed by atoms with E-state index in [9.17, 15) is 9.59 Å². The lowest BCUT2D eigenvalue weighted by Crippen LogP contribution is -2.38. The minimum absolute atomic E-state index is 0.0599. The molecule has 0 spiro atoms. The molecule has 2 aliphatic heterocycles. The summed E-state index contributed by atoms with van der Waals surface area (Å²) in [4.78, 5) is 30.3. The first-order chi connectivity index (χ1) is 16.2. The molecule has 6 heteroatoms. The Kier molecular flexibility index (Phi) is 6.96. The molecule has 2 amide bonds. The highest BCUT2D eigenvalue weighted by atomic mass is 16.5. The molecule has 0 aromatic heterocycles. The van der Waals surface area contributed by atoms with Gasteiger partial charge < -0.3 is 15.0 Å². The van der Waals surface area contributed by atoms with Gasteiger partial charge in [0.15, 0.2) is 0 Å². The molecule has 0 saturated carbocycles. The number of amides is 2. The van der Waals surface area contributed by atoms with Crippen LogP contribution in [0.5, 0.6) is 5.75 Å². The van der Waals surface area contributed by atoms with E-state index >= 15 is 0 Å². The van der Waals surface area contributed by atoms with Gasteiger partial charge in [0, 0.05) is 30.5 Å². The number of nitrogens with one attached hydrogen (secondary N) is 1. The maximum absolute atomic E-state index is 13.3. The maximum Gasteiger partial charge on any atom is 0.278 e. The van der Waals surface area contributed by atoms with Gasteiger partial charge in [0.1, 0.15) is 11.4 Å². The highest BCUT2D eigenvalue weighted by molar-refractivity contribution is 6.36. The largest absolute Gasteiger partial charge is 0.491 e. The molecule has 6 nitrogen and oxygen atoms in total. The summed E-state index contributed by atoms with van der Waals surface area (Å²) in [6.07, 6.45) is 2.47. The Bertz CT molecular complexity index is 1060. The highest BCUT2D eigenvalue weighted by Gasteiger charge is 2.40. The second-order valence-corrected chi connectivity index (χ2v) is 9.86. The first-order valence-corrected chi connectivity index (χ1v) is 12.3. The van der Waals surface area contributed by atoms with Crippen LogP contribution in [0.2, 0.25) is 0 Å². The normalized spacial score (nSPS) is 17.4. The Hall–Kier alpha value is -3.28. The number of imide groups is 1. The van der Waals surface area contributed by atoms with Crippen LogP contribution in [0.25, 0.3) is 5.57 Å². The molecule has 1 N–H and O–H groups in total. The molecule has 2 heterocycles. The Balaban J connectivity index is 1.61. The second kappa shape index (κ2) is 9.92. The molecule has 0 aliphatic carbocycles. The van der Waals surface area contributed by atoms with Crippen molar-refractivity contribution < 1.29 is 14.3 Å². The minimum Gasteiger partial charge on any atom is -0.491 e.